The van der Waals surface area contributed by atoms with Gasteiger partial charge in [0.2, 0.25) is 0 Å². The molecule has 0 spiro atoms. The van der Waals surface area contributed by atoms with Gasteiger partial charge in [-0.05, 0) is 38.0 Å². The SMILES string of the molecule is COC1(C)CCCN(C(=O)c2ccc(F)c(N)c2)C1. The summed E-state index contributed by atoms with van der Waals surface area (Å²) < 4.78 is 18.6. The summed E-state index contributed by atoms with van der Waals surface area (Å²) in [6.45, 7) is 3.22. The van der Waals surface area contributed by atoms with Crippen LogP contribution in [-0.4, -0.2) is 36.6 Å². The molecule has 2 N–H and O–H groups in total. The van der Waals surface area contributed by atoms with Gasteiger partial charge in [-0.25, -0.2) is 4.39 Å². The van der Waals surface area contributed by atoms with Crippen LogP contribution in [0.15, 0.2) is 18.2 Å². The maximum Gasteiger partial charge on any atom is 0.254 e. The lowest BCUT2D eigenvalue weighted by Crippen LogP contribution is -2.49. The molecule has 0 aliphatic carbocycles. The van der Waals surface area contributed by atoms with E-state index in [1.54, 1.807) is 12.0 Å². The summed E-state index contributed by atoms with van der Waals surface area (Å²) in [7, 11) is 1.66. The van der Waals surface area contributed by atoms with E-state index >= 15 is 0 Å². The molecule has 1 fully saturated rings. The number of hydrogen-bond acceptors (Lipinski definition) is 3. The smallest absolute Gasteiger partial charge is 0.254 e. The van der Waals surface area contributed by atoms with Crippen LogP contribution in [0, 0.1) is 5.82 Å². The summed E-state index contributed by atoms with van der Waals surface area (Å²) in [6.07, 6.45) is 1.82. The molecule has 5 heteroatoms. The normalized spacial score (nSPS) is 23.4. The number of nitrogens with two attached hydrogens (primary N) is 1. The van der Waals surface area contributed by atoms with Gasteiger partial charge in [-0.3, -0.25) is 4.79 Å². The van der Waals surface area contributed by atoms with Crippen molar-refractivity contribution in [1.29, 1.82) is 0 Å². The first-order valence-electron chi connectivity index (χ1n) is 6.35. The third-order valence-corrected chi connectivity index (χ3v) is 3.68. The van der Waals surface area contributed by atoms with Crippen molar-refractivity contribution in [1.82, 2.24) is 4.90 Å². The molecule has 1 aromatic rings. The van der Waals surface area contributed by atoms with E-state index in [-0.39, 0.29) is 17.2 Å². The van der Waals surface area contributed by atoms with Crippen molar-refractivity contribution < 1.29 is 13.9 Å². The first kappa shape index (κ1) is 13.8. The Kier molecular flexibility index (Phi) is 3.75. The Bertz CT molecular complexity index is 492. The molecule has 1 aromatic carbocycles. The number of rotatable bonds is 2. The van der Waals surface area contributed by atoms with Crippen molar-refractivity contribution in [3.05, 3.63) is 29.6 Å². The topological polar surface area (TPSA) is 55.6 Å². The first-order valence-corrected chi connectivity index (χ1v) is 6.35. The maximum atomic E-state index is 13.1. The highest BCUT2D eigenvalue weighted by Crippen LogP contribution is 2.25. The van der Waals surface area contributed by atoms with Crippen LogP contribution in [0.5, 0.6) is 0 Å². The van der Waals surface area contributed by atoms with Crippen molar-refractivity contribution in [2.45, 2.75) is 25.4 Å². The van der Waals surface area contributed by atoms with Crippen LogP contribution in [0.1, 0.15) is 30.1 Å². The van der Waals surface area contributed by atoms with Crippen LogP contribution >= 0.6 is 0 Å². The van der Waals surface area contributed by atoms with E-state index in [1.165, 1.54) is 18.2 Å². The predicted octanol–water partition coefficient (Wildman–Crippen LogP) is 2.05. The van der Waals surface area contributed by atoms with Gasteiger partial charge in [0.15, 0.2) is 0 Å². The lowest BCUT2D eigenvalue weighted by molar-refractivity contribution is -0.0440. The van der Waals surface area contributed by atoms with E-state index in [0.717, 1.165) is 12.8 Å². The molecule has 1 unspecified atom stereocenters. The van der Waals surface area contributed by atoms with Gasteiger partial charge in [0.25, 0.3) is 5.91 Å². The summed E-state index contributed by atoms with van der Waals surface area (Å²) in [4.78, 5) is 14.1. The highest BCUT2D eigenvalue weighted by molar-refractivity contribution is 5.95. The lowest BCUT2D eigenvalue weighted by Gasteiger charge is -2.39. The zero-order valence-electron chi connectivity index (χ0n) is 11.3. The monoisotopic (exact) mass is 266 g/mol. The summed E-state index contributed by atoms with van der Waals surface area (Å²) in [5.74, 6) is -0.633. The Morgan fingerprint density at radius 1 is 1.53 bits per heavy atom. The van der Waals surface area contributed by atoms with E-state index in [0.29, 0.717) is 18.7 Å². The number of nitrogens with zero attached hydrogens (tertiary/aromatic N) is 1. The molecular weight excluding hydrogens is 247 g/mol. The van der Waals surface area contributed by atoms with Gasteiger partial charge in [0.05, 0.1) is 11.3 Å². The molecule has 1 amide bonds. The number of amides is 1. The van der Waals surface area contributed by atoms with Crippen LogP contribution in [-0.2, 0) is 4.74 Å². The standard InChI is InChI=1S/C14H19FN2O2/c1-14(19-2)6-3-7-17(9-14)13(18)10-4-5-11(15)12(16)8-10/h4-5,8H,3,6-7,9,16H2,1-2H3. The zero-order chi connectivity index (χ0) is 14.0. The number of methoxy groups -OCH3 is 1. The highest BCUT2D eigenvalue weighted by atomic mass is 19.1. The predicted molar refractivity (Wildman–Crippen MR) is 71.4 cm³/mol. The molecule has 4 nitrogen and oxygen atoms in total. The summed E-state index contributed by atoms with van der Waals surface area (Å²) >= 11 is 0. The van der Waals surface area contributed by atoms with Crippen LogP contribution in [0.2, 0.25) is 0 Å². The number of ether oxygens (including phenoxy) is 1. The van der Waals surface area contributed by atoms with Gasteiger partial charge >= 0.3 is 0 Å². The molecule has 0 saturated carbocycles. The average Bonchev–Trinajstić information content (AvgIpc) is 2.41. The summed E-state index contributed by atoms with van der Waals surface area (Å²) in [6, 6.07) is 4.07. The van der Waals surface area contributed by atoms with Crippen molar-refractivity contribution in [2.24, 2.45) is 0 Å². The largest absolute Gasteiger partial charge is 0.396 e. The first-order chi connectivity index (χ1) is 8.95. The van der Waals surface area contributed by atoms with Crippen LogP contribution in [0.4, 0.5) is 10.1 Å². The molecule has 1 heterocycles. The van der Waals surface area contributed by atoms with Gasteiger partial charge in [-0.2, -0.15) is 0 Å². The Balaban J connectivity index is 2.17. The second kappa shape index (κ2) is 5.17. The second-order valence-corrected chi connectivity index (χ2v) is 5.22. The van der Waals surface area contributed by atoms with Crippen LogP contribution < -0.4 is 5.73 Å². The fraction of sp³-hybridized carbons (Fsp3) is 0.500. The molecule has 0 aromatic heterocycles. The van der Waals surface area contributed by atoms with Crippen molar-refractivity contribution in [3.8, 4) is 0 Å². The Hall–Kier alpha value is -1.62. The van der Waals surface area contributed by atoms with Crippen molar-refractivity contribution in [2.75, 3.05) is 25.9 Å². The number of carbonyl (C=O) groups is 1. The number of piperidine rings is 1. The van der Waals surface area contributed by atoms with E-state index in [4.69, 9.17) is 10.5 Å². The molecule has 1 saturated heterocycles. The van der Waals surface area contributed by atoms with Gasteiger partial charge in [-0.15, -0.1) is 0 Å². The average molecular weight is 266 g/mol. The lowest BCUT2D eigenvalue weighted by atomic mass is 9.94. The number of nitrogen functional groups attached to an aromatic ring is 1. The Morgan fingerprint density at radius 3 is 2.89 bits per heavy atom. The molecule has 19 heavy (non-hydrogen) atoms. The molecular formula is C14H19FN2O2. The number of likely N-dealkylation sites (tertiary alicyclic amines) is 1. The molecule has 0 radical (unpaired) electrons. The molecule has 1 atom stereocenters. The van der Waals surface area contributed by atoms with Crippen LogP contribution in [0.25, 0.3) is 0 Å². The van der Waals surface area contributed by atoms with E-state index in [2.05, 4.69) is 0 Å². The highest BCUT2D eigenvalue weighted by Gasteiger charge is 2.33. The van der Waals surface area contributed by atoms with Gasteiger partial charge in [0, 0.05) is 25.8 Å². The van der Waals surface area contributed by atoms with E-state index in [9.17, 15) is 9.18 Å². The number of benzene rings is 1. The van der Waals surface area contributed by atoms with Crippen LogP contribution in [0.3, 0.4) is 0 Å². The number of carbonyl (C=O) groups excluding carboxylic acids is 1. The van der Waals surface area contributed by atoms with Crippen molar-refractivity contribution in [3.63, 3.8) is 0 Å². The summed E-state index contributed by atoms with van der Waals surface area (Å²) in [5, 5.41) is 0. The molecule has 104 valence electrons. The second-order valence-electron chi connectivity index (χ2n) is 5.22. The minimum atomic E-state index is -0.503. The van der Waals surface area contributed by atoms with Gasteiger partial charge in [0.1, 0.15) is 5.82 Å². The van der Waals surface area contributed by atoms with Gasteiger partial charge in [-0.1, -0.05) is 0 Å². The number of hydrogen-bond donors (Lipinski definition) is 1. The molecule has 0 bridgehead atoms. The Labute approximate surface area is 112 Å². The Morgan fingerprint density at radius 2 is 2.26 bits per heavy atom. The zero-order valence-corrected chi connectivity index (χ0v) is 11.3. The number of anilines is 1. The minimum Gasteiger partial charge on any atom is -0.396 e. The fourth-order valence-electron chi connectivity index (χ4n) is 2.41. The van der Waals surface area contributed by atoms with E-state index < -0.39 is 5.82 Å². The van der Waals surface area contributed by atoms with E-state index in [1.807, 2.05) is 6.92 Å². The maximum absolute atomic E-state index is 13.1. The third kappa shape index (κ3) is 2.87. The fourth-order valence-corrected chi connectivity index (χ4v) is 2.41. The molecule has 1 aliphatic rings. The minimum absolute atomic E-state index is 0.00244. The molecule has 2 rings (SSSR count). The number of halogens is 1. The van der Waals surface area contributed by atoms with Crippen molar-refractivity contribution >= 4 is 11.6 Å². The third-order valence-electron chi connectivity index (χ3n) is 3.68. The quantitative estimate of drug-likeness (QED) is 0.833. The summed E-state index contributed by atoms with van der Waals surface area (Å²) in [5.41, 5.74) is 5.60. The van der Waals surface area contributed by atoms with Gasteiger partial charge < -0.3 is 15.4 Å². The molecule has 1 aliphatic heterocycles.